The van der Waals surface area contributed by atoms with Crippen molar-refractivity contribution in [2.75, 3.05) is 31.2 Å². The molecule has 1 unspecified atom stereocenters. The average molecular weight is 762 g/mol. The molecule has 1 amide bonds. The van der Waals surface area contributed by atoms with Gasteiger partial charge in [-0.1, -0.05) is 59.6 Å². The van der Waals surface area contributed by atoms with E-state index >= 15 is 0 Å². The number of anilines is 1. The number of nitrogens with two attached hydrogens (primary N) is 1. The number of para-hydroxylation sites is 1. The number of aromatic nitrogens is 3. The van der Waals surface area contributed by atoms with Gasteiger partial charge in [0.2, 0.25) is 0 Å². The van der Waals surface area contributed by atoms with E-state index in [1.165, 1.54) is 6.08 Å². The van der Waals surface area contributed by atoms with Crippen molar-refractivity contribution in [1.29, 1.82) is 0 Å². The molecule has 0 radical (unpaired) electrons. The summed E-state index contributed by atoms with van der Waals surface area (Å²) < 4.78 is 13.7. The van der Waals surface area contributed by atoms with Crippen molar-refractivity contribution in [2.45, 2.75) is 26.1 Å². The minimum absolute atomic E-state index is 0.0855. The van der Waals surface area contributed by atoms with Crippen LogP contribution in [0.1, 0.15) is 44.6 Å². The van der Waals surface area contributed by atoms with Crippen LogP contribution in [0.2, 0.25) is 10.0 Å². The lowest BCUT2D eigenvalue weighted by Gasteiger charge is -2.30. The van der Waals surface area contributed by atoms with Crippen LogP contribution < -0.4 is 20.7 Å². The zero-order chi connectivity index (χ0) is 37.6. The summed E-state index contributed by atoms with van der Waals surface area (Å²) in [5, 5.41) is 4.66. The Morgan fingerprint density at radius 3 is 2.57 bits per heavy atom. The summed E-state index contributed by atoms with van der Waals surface area (Å²) in [6.07, 6.45) is 6.59. The fourth-order valence-corrected chi connectivity index (χ4v) is 6.95. The number of hydrogen-bond donors (Lipinski definition) is 2. The molecule has 0 saturated carbocycles. The normalized spacial score (nSPS) is 13.7. The Morgan fingerprint density at radius 1 is 0.981 bits per heavy atom. The first-order valence-corrected chi connectivity index (χ1v) is 18.3. The smallest absolute Gasteiger partial charge is 0.251 e. The van der Waals surface area contributed by atoms with Crippen LogP contribution in [0, 0.1) is 6.92 Å². The van der Waals surface area contributed by atoms with Crippen LogP contribution in [-0.2, 0) is 22.7 Å². The summed E-state index contributed by atoms with van der Waals surface area (Å²) in [5.41, 5.74) is 13.0. The molecule has 4 heterocycles. The van der Waals surface area contributed by atoms with E-state index in [0.717, 1.165) is 46.6 Å². The minimum Gasteiger partial charge on any atom is -0.487 e. The highest BCUT2D eigenvalue weighted by molar-refractivity contribution is 6.37. The van der Waals surface area contributed by atoms with Gasteiger partial charge in [-0.25, -0.2) is 4.98 Å². The third-order valence-corrected chi connectivity index (χ3v) is 10.0. The van der Waals surface area contributed by atoms with Gasteiger partial charge < -0.3 is 30.0 Å². The summed E-state index contributed by atoms with van der Waals surface area (Å²) in [6, 6.07) is 26.6. The van der Waals surface area contributed by atoms with E-state index in [9.17, 15) is 9.59 Å². The molecule has 1 aliphatic rings. The first-order chi connectivity index (χ1) is 26.3. The van der Waals surface area contributed by atoms with E-state index in [4.69, 9.17) is 43.4 Å². The van der Waals surface area contributed by atoms with Gasteiger partial charge in [-0.15, -0.1) is 0 Å². The molecule has 12 heteroatoms. The standard InChI is InChI=1S/C42H38Cl2N6O4/c1-27-24-36(49-20-22-53-23-21-49)31-7-4-9-38(41(31)48-27)54-26-32-33(43)15-16-34(39(32)44)50-19-5-8-35(50)40(45)37(51)17-12-28-10-13-29(14-11-28)42(52)47-25-30-6-2-3-18-46-30/h2-19,24,40H,20-23,25-26,45H2,1H3,(H,47,52)/b17-12+. The molecular formula is C42H38Cl2N6O4. The van der Waals surface area contributed by atoms with Gasteiger partial charge in [-0.2, -0.15) is 0 Å². The lowest BCUT2D eigenvalue weighted by molar-refractivity contribution is -0.115. The van der Waals surface area contributed by atoms with E-state index in [0.29, 0.717) is 58.1 Å². The van der Waals surface area contributed by atoms with Crippen LogP contribution in [0.25, 0.3) is 22.7 Å². The van der Waals surface area contributed by atoms with Gasteiger partial charge in [0.05, 0.1) is 36.2 Å². The van der Waals surface area contributed by atoms with Gasteiger partial charge in [0.1, 0.15) is 23.9 Å². The summed E-state index contributed by atoms with van der Waals surface area (Å²) in [4.78, 5) is 37.3. The van der Waals surface area contributed by atoms with Crippen molar-refractivity contribution in [1.82, 2.24) is 19.9 Å². The first kappa shape index (κ1) is 36.8. The van der Waals surface area contributed by atoms with Gasteiger partial charge in [-0.3, -0.25) is 14.6 Å². The van der Waals surface area contributed by atoms with Crippen molar-refractivity contribution >= 4 is 57.6 Å². The summed E-state index contributed by atoms with van der Waals surface area (Å²) in [7, 11) is 0. The highest BCUT2D eigenvalue weighted by atomic mass is 35.5. The number of ketones is 1. The molecular weight excluding hydrogens is 723 g/mol. The summed E-state index contributed by atoms with van der Waals surface area (Å²) >= 11 is 13.7. The maximum Gasteiger partial charge on any atom is 0.251 e. The number of benzene rings is 3. The predicted molar refractivity (Wildman–Crippen MR) is 212 cm³/mol. The van der Waals surface area contributed by atoms with Gasteiger partial charge in [0.25, 0.3) is 5.91 Å². The molecule has 6 aromatic rings. The Labute approximate surface area is 323 Å². The second kappa shape index (κ2) is 16.7. The second-order valence-corrected chi connectivity index (χ2v) is 13.6. The molecule has 10 nitrogen and oxygen atoms in total. The molecule has 0 aliphatic carbocycles. The molecule has 1 fully saturated rings. The number of halogens is 2. The molecule has 0 bridgehead atoms. The maximum absolute atomic E-state index is 13.3. The zero-order valence-electron chi connectivity index (χ0n) is 29.5. The molecule has 1 aliphatic heterocycles. The fraction of sp³-hybridized carbons (Fsp3) is 0.190. The topological polar surface area (TPSA) is 125 Å². The van der Waals surface area contributed by atoms with Gasteiger partial charge >= 0.3 is 0 Å². The van der Waals surface area contributed by atoms with Gasteiger partial charge in [-0.05, 0) is 79.2 Å². The Kier molecular flexibility index (Phi) is 11.4. The molecule has 0 spiro atoms. The quantitative estimate of drug-likeness (QED) is 0.122. The van der Waals surface area contributed by atoms with Crippen LogP contribution in [0.5, 0.6) is 5.75 Å². The number of nitrogens with zero attached hydrogens (tertiary/aromatic N) is 4. The van der Waals surface area contributed by atoms with E-state index < -0.39 is 6.04 Å². The van der Waals surface area contributed by atoms with Crippen molar-refractivity contribution in [3.05, 3.63) is 153 Å². The lowest BCUT2D eigenvalue weighted by Crippen LogP contribution is -2.36. The minimum atomic E-state index is -0.981. The number of nitrogens with one attached hydrogen (secondary N) is 1. The van der Waals surface area contributed by atoms with Gasteiger partial charge in [0, 0.05) is 64.1 Å². The van der Waals surface area contributed by atoms with E-state index in [1.807, 2.05) is 37.3 Å². The third kappa shape index (κ3) is 8.17. The number of pyridine rings is 2. The van der Waals surface area contributed by atoms with E-state index in [1.54, 1.807) is 71.6 Å². The van der Waals surface area contributed by atoms with Crippen LogP contribution in [-0.4, -0.2) is 52.5 Å². The SMILES string of the molecule is Cc1cc(N2CCOCC2)c2cccc(OCc3c(Cl)ccc(-n4cccc4C(N)C(=O)/C=C/c4ccc(C(=O)NCc5ccccn5)cc4)c3Cl)c2n1. The highest BCUT2D eigenvalue weighted by Crippen LogP contribution is 2.36. The first-order valence-electron chi connectivity index (χ1n) is 17.5. The molecule has 1 saturated heterocycles. The fourth-order valence-electron chi connectivity index (χ4n) is 6.38. The third-order valence-electron chi connectivity index (χ3n) is 9.23. The van der Waals surface area contributed by atoms with Crippen molar-refractivity contribution in [3.63, 3.8) is 0 Å². The predicted octanol–water partition coefficient (Wildman–Crippen LogP) is 7.66. The largest absolute Gasteiger partial charge is 0.487 e. The van der Waals surface area contributed by atoms with Crippen molar-refractivity contribution in [2.24, 2.45) is 5.73 Å². The summed E-state index contributed by atoms with van der Waals surface area (Å²) in [5.74, 6) is 0.0862. The Hall–Kier alpha value is -5.52. The number of aryl methyl sites for hydroxylation is 1. The number of morpholine rings is 1. The number of amides is 1. The lowest BCUT2D eigenvalue weighted by atomic mass is 10.1. The molecule has 7 rings (SSSR count). The number of carbonyl (C=O) groups is 2. The number of rotatable bonds is 12. The summed E-state index contributed by atoms with van der Waals surface area (Å²) in [6.45, 7) is 5.35. The Balaban J connectivity index is 1.05. The Morgan fingerprint density at radius 2 is 1.80 bits per heavy atom. The monoisotopic (exact) mass is 760 g/mol. The van der Waals surface area contributed by atoms with E-state index in [2.05, 4.69) is 27.3 Å². The van der Waals surface area contributed by atoms with E-state index in [-0.39, 0.29) is 18.3 Å². The van der Waals surface area contributed by atoms with Crippen molar-refractivity contribution in [3.8, 4) is 11.4 Å². The molecule has 3 aromatic heterocycles. The van der Waals surface area contributed by atoms with Crippen LogP contribution in [0.15, 0.2) is 109 Å². The number of ether oxygens (including phenoxy) is 2. The number of fused-ring (bicyclic) bond motifs is 1. The Bertz CT molecular complexity index is 2320. The van der Waals surface area contributed by atoms with Crippen molar-refractivity contribution < 1.29 is 19.1 Å². The molecule has 1 atom stereocenters. The average Bonchev–Trinajstić information content (AvgIpc) is 3.69. The number of hydrogen-bond acceptors (Lipinski definition) is 8. The van der Waals surface area contributed by atoms with Gasteiger partial charge in [0.15, 0.2) is 5.78 Å². The number of carbonyl (C=O) groups excluding carboxylic acids is 2. The zero-order valence-corrected chi connectivity index (χ0v) is 31.1. The van der Waals surface area contributed by atoms with Crippen LogP contribution in [0.4, 0.5) is 5.69 Å². The van der Waals surface area contributed by atoms with Crippen LogP contribution >= 0.6 is 23.2 Å². The maximum atomic E-state index is 13.3. The second-order valence-electron chi connectivity index (χ2n) is 12.8. The molecule has 274 valence electrons. The molecule has 3 N–H and O–H groups in total. The molecule has 3 aromatic carbocycles. The highest BCUT2D eigenvalue weighted by Gasteiger charge is 2.22. The van der Waals surface area contributed by atoms with Crippen LogP contribution in [0.3, 0.4) is 0 Å². The molecule has 54 heavy (non-hydrogen) atoms.